The fourth-order valence-electron chi connectivity index (χ4n) is 3.01. The Morgan fingerprint density at radius 3 is 2.69 bits per heavy atom. The predicted molar refractivity (Wildman–Crippen MR) is 69.6 cm³/mol. The molecular formula is C14H28N2. The molecule has 1 aliphatic heterocycles. The van der Waals surface area contributed by atoms with Crippen LogP contribution in [0.3, 0.4) is 0 Å². The maximum Gasteiger partial charge on any atom is 0.0244 e. The molecule has 0 radical (unpaired) electrons. The first-order valence-electron chi connectivity index (χ1n) is 6.99. The van der Waals surface area contributed by atoms with Gasteiger partial charge in [0, 0.05) is 31.7 Å². The maximum atomic E-state index is 3.68. The van der Waals surface area contributed by atoms with Crippen molar-refractivity contribution in [3.8, 4) is 0 Å². The Hall–Kier alpha value is -0.0800. The van der Waals surface area contributed by atoms with Crippen molar-refractivity contribution in [2.75, 3.05) is 19.6 Å². The van der Waals surface area contributed by atoms with Gasteiger partial charge in [0.15, 0.2) is 0 Å². The second-order valence-electron chi connectivity index (χ2n) is 6.72. The summed E-state index contributed by atoms with van der Waals surface area (Å²) in [6.07, 6.45) is 4.26. The van der Waals surface area contributed by atoms with Gasteiger partial charge in [-0.2, -0.15) is 0 Å². The van der Waals surface area contributed by atoms with E-state index < -0.39 is 0 Å². The lowest BCUT2D eigenvalue weighted by atomic mass is 9.85. The summed E-state index contributed by atoms with van der Waals surface area (Å²) < 4.78 is 0. The van der Waals surface area contributed by atoms with Crippen LogP contribution >= 0.6 is 0 Å². The lowest BCUT2D eigenvalue weighted by Crippen LogP contribution is -2.56. The third kappa shape index (κ3) is 2.78. The van der Waals surface area contributed by atoms with E-state index in [9.17, 15) is 0 Å². The first-order valence-corrected chi connectivity index (χ1v) is 6.99. The maximum absolute atomic E-state index is 3.68. The van der Waals surface area contributed by atoms with E-state index in [2.05, 4.69) is 37.9 Å². The average Bonchev–Trinajstić information content (AvgIpc) is 2.97. The smallest absolute Gasteiger partial charge is 0.0244 e. The molecule has 3 atom stereocenters. The molecule has 0 aromatic rings. The molecule has 1 saturated carbocycles. The molecule has 1 heterocycles. The Balaban J connectivity index is 1.84. The number of nitrogens with one attached hydrogen (secondary N) is 1. The van der Waals surface area contributed by atoms with Crippen molar-refractivity contribution in [2.24, 2.45) is 11.3 Å². The Bertz CT molecular complexity index is 231. The van der Waals surface area contributed by atoms with Gasteiger partial charge >= 0.3 is 0 Å². The highest BCUT2D eigenvalue weighted by Crippen LogP contribution is 2.40. The minimum Gasteiger partial charge on any atom is -0.311 e. The zero-order valence-electron chi connectivity index (χ0n) is 11.4. The molecule has 16 heavy (non-hydrogen) atoms. The van der Waals surface area contributed by atoms with E-state index in [0.29, 0.717) is 11.5 Å². The van der Waals surface area contributed by atoms with Crippen LogP contribution in [-0.2, 0) is 0 Å². The van der Waals surface area contributed by atoms with Crippen molar-refractivity contribution >= 4 is 0 Å². The van der Waals surface area contributed by atoms with Crippen molar-refractivity contribution in [1.82, 2.24) is 10.2 Å². The number of piperazine rings is 1. The topological polar surface area (TPSA) is 15.3 Å². The zero-order valence-corrected chi connectivity index (χ0v) is 11.4. The predicted octanol–water partition coefficient (Wildman–Crippen LogP) is 2.49. The molecule has 0 amide bonds. The van der Waals surface area contributed by atoms with Crippen LogP contribution in [-0.4, -0.2) is 36.6 Å². The monoisotopic (exact) mass is 224 g/mol. The number of nitrogens with zero attached hydrogens (tertiary/aromatic N) is 1. The van der Waals surface area contributed by atoms with E-state index in [0.717, 1.165) is 12.0 Å². The van der Waals surface area contributed by atoms with Gasteiger partial charge in [0.2, 0.25) is 0 Å². The average molecular weight is 224 g/mol. The summed E-state index contributed by atoms with van der Waals surface area (Å²) >= 11 is 0. The van der Waals surface area contributed by atoms with Crippen molar-refractivity contribution in [1.29, 1.82) is 0 Å². The van der Waals surface area contributed by atoms with Crippen LogP contribution in [0.4, 0.5) is 0 Å². The van der Waals surface area contributed by atoms with Gasteiger partial charge in [0.25, 0.3) is 0 Å². The van der Waals surface area contributed by atoms with E-state index in [-0.39, 0.29) is 0 Å². The minimum atomic E-state index is 0.397. The SMILES string of the molecule is CCCC1CC1N1CCNC(C(C)(C)C)C1. The summed E-state index contributed by atoms with van der Waals surface area (Å²) in [5.74, 6) is 1.02. The van der Waals surface area contributed by atoms with Crippen molar-refractivity contribution in [3.05, 3.63) is 0 Å². The highest BCUT2D eigenvalue weighted by molar-refractivity contribution is 4.99. The number of rotatable bonds is 3. The molecule has 2 nitrogen and oxygen atoms in total. The van der Waals surface area contributed by atoms with E-state index >= 15 is 0 Å². The normalized spacial score (nSPS) is 36.4. The van der Waals surface area contributed by atoms with Crippen molar-refractivity contribution < 1.29 is 0 Å². The molecule has 0 bridgehead atoms. The highest BCUT2D eigenvalue weighted by atomic mass is 15.3. The second-order valence-corrected chi connectivity index (χ2v) is 6.72. The third-order valence-corrected chi connectivity index (χ3v) is 4.27. The molecule has 3 unspecified atom stereocenters. The van der Waals surface area contributed by atoms with Crippen LogP contribution in [0.25, 0.3) is 0 Å². The van der Waals surface area contributed by atoms with Crippen LogP contribution in [0, 0.1) is 11.3 Å². The summed E-state index contributed by atoms with van der Waals surface area (Å²) in [5, 5.41) is 3.68. The lowest BCUT2D eigenvalue weighted by Gasteiger charge is -2.41. The van der Waals surface area contributed by atoms with Gasteiger partial charge in [-0.15, -0.1) is 0 Å². The quantitative estimate of drug-likeness (QED) is 0.792. The zero-order chi connectivity index (χ0) is 11.8. The van der Waals surface area contributed by atoms with Gasteiger partial charge in [-0.1, -0.05) is 34.1 Å². The van der Waals surface area contributed by atoms with Crippen LogP contribution < -0.4 is 5.32 Å². The first-order chi connectivity index (χ1) is 7.52. The molecule has 2 aliphatic rings. The Kier molecular flexibility index (Phi) is 3.60. The number of hydrogen-bond donors (Lipinski definition) is 1. The van der Waals surface area contributed by atoms with Gasteiger partial charge in [-0.3, -0.25) is 4.90 Å². The van der Waals surface area contributed by atoms with E-state index in [4.69, 9.17) is 0 Å². The molecule has 1 aliphatic carbocycles. The number of hydrogen-bond acceptors (Lipinski definition) is 2. The standard InChI is InChI=1S/C14H28N2/c1-5-6-11-9-12(11)16-8-7-15-13(10-16)14(2,3)4/h11-13,15H,5-10H2,1-4H3. The van der Waals surface area contributed by atoms with Crippen molar-refractivity contribution in [3.63, 3.8) is 0 Å². The Labute approximate surface area is 101 Å². The van der Waals surface area contributed by atoms with E-state index in [1.807, 2.05) is 0 Å². The Morgan fingerprint density at radius 1 is 1.31 bits per heavy atom. The molecular weight excluding hydrogens is 196 g/mol. The van der Waals surface area contributed by atoms with E-state index in [1.54, 1.807) is 0 Å². The summed E-state index contributed by atoms with van der Waals surface area (Å²) in [7, 11) is 0. The van der Waals surface area contributed by atoms with Crippen molar-refractivity contribution in [2.45, 2.75) is 59.0 Å². The molecule has 1 saturated heterocycles. The lowest BCUT2D eigenvalue weighted by molar-refractivity contribution is 0.123. The van der Waals surface area contributed by atoms with Crippen LogP contribution in [0.1, 0.15) is 47.0 Å². The fraction of sp³-hybridized carbons (Fsp3) is 1.00. The Morgan fingerprint density at radius 2 is 2.06 bits per heavy atom. The highest BCUT2D eigenvalue weighted by Gasteiger charge is 2.43. The minimum absolute atomic E-state index is 0.397. The molecule has 1 N–H and O–H groups in total. The molecule has 2 rings (SSSR count). The molecule has 94 valence electrons. The van der Waals surface area contributed by atoms with Gasteiger partial charge in [0.1, 0.15) is 0 Å². The molecule has 2 fully saturated rings. The largest absolute Gasteiger partial charge is 0.311 e. The van der Waals surface area contributed by atoms with E-state index in [1.165, 1.54) is 38.9 Å². The van der Waals surface area contributed by atoms with Crippen LogP contribution in [0.15, 0.2) is 0 Å². The summed E-state index contributed by atoms with van der Waals surface area (Å²) in [5.41, 5.74) is 0.397. The second kappa shape index (κ2) is 4.66. The van der Waals surface area contributed by atoms with Crippen LogP contribution in [0.5, 0.6) is 0 Å². The van der Waals surface area contributed by atoms with Gasteiger partial charge < -0.3 is 5.32 Å². The summed E-state index contributed by atoms with van der Waals surface area (Å²) in [6, 6.07) is 1.59. The van der Waals surface area contributed by atoms with Crippen LogP contribution in [0.2, 0.25) is 0 Å². The third-order valence-electron chi connectivity index (χ3n) is 4.27. The van der Waals surface area contributed by atoms with Gasteiger partial charge in [0.05, 0.1) is 0 Å². The molecule has 0 aromatic heterocycles. The van der Waals surface area contributed by atoms with Gasteiger partial charge in [-0.05, 0) is 24.2 Å². The molecule has 2 heteroatoms. The summed E-state index contributed by atoms with van der Waals surface area (Å²) in [4.78, 5) is 2.74. The molecule has 0 aromatic carbocycles. The van der Waals surface area contributed by atoms with Gasteiger partial charge in [-0.25, -0.2) is 0 Å². The fourth-order valence-corrected chi connectivity index (χ4v) is 3.01. The summed E-state index contributed by atoms with van der Waals surface area (Å²) in [6.45, 7) is 13.1. The molecule has 0 spiro atoms. The first kappa shape index (κ1) is 12.4.